The van der Waals surface area contributed by atoms with Gasteiger partial charge >= 0.3 is 0 Å². The van der Waals surface area contributed by atoms with Gasteiger partial charge in [0.2, 0.25) is 0 Å². The van der Waals surface area contributed by atoms with Crippen molar-refractivity contribution >= 4 is 11.7 Å². The molecule has 1 aliphatic rings. The lowest BCUT2D eigenvalue weighted by Crippen LogP contribution is -2.31. The summed E-state index contributed by atoms with van der Waals surface area (Å²) in [6.07, 6.45) is 2.29. The molecular weight excluding hydrogens is 221 g/mol. The van der Waals surface area contributed by atoms with Gasteiger partial charge in [-0.2, -0.15) is 0 Å². The third-order valence-electron chi connectivity index (χ3n) is 3.11. The second kappa shape index (κ2) is 3.98. The monoisotopic (exact) mass is 237 g/mol. The number of anilines is 1. The molecule has 0 unspecified atom stereocenters. The number of hydrogen-bond acceptors (Lipinski definition) is 3. The number of carbonyl (C=O) groups is 1. The van der Waals surface area contributed by atoms with Crippen LogP contribution >= 0.6 is 0 Å². The zero-order valence-electron chi connectivity index (χ0n) is 10.0. The van der Waals surface area contributed by atoms with E-state index in [0.717, 1.165) is 6.42 Å². The third-order valence-corrected chi connectivity index (χ3v) is 3.11. The predicted molar refractivity (Wildman–Crippen MR) is 62.9 cm³/mol. The normalized spacial score (nSPS) is 18.4. The minimum absolute atomic E-state index is 0.00944. The van der Waals surface area contributed by atoms with Crippen molar-refractivity contribution in [1.82, 2.24) is 9.88 Å². The number of nitrogens with two attached hydrogens (primary N) is 1. The number of hydrogen-bond donors (Lipinski definition) is 1. The minimum Gasteiger partial charge on any atom is -0.381 e. The molecule has 1 saturated heterocycles. The van der Waals surface area contributed by atoms with Gasteiger partial charge in [0.15, 0.2) is 11.6 Å². The fourth-order valence-corrected chi connectivity index (χ4v) is 2.08. The van der Waals surface area contributed by atoms with Crippen LogP contribution in [0.1, 0.15) is 30.6 Å². The maximum Gasteiger partial charge on any atom is 0.257 e. The Morgan fingerprint density at radius 2 is 2.29 bits per heavy atom. The molecule has 92 valence electrons. The molecule has 0 saturated carbocycles. The molecule has 0 aliphatic carbocycles. The van der Waals surface area contributed by atoms with Gasteiger partial charge in [0.1, 0.15) is 0 Å². The van der Waals surface area contributed by atoms with Crippen LogP contribution in [0.3, 0.4) is 0 Å². The lowest BCUT2D eigenvalue weighted by Gasteiger charge is -2.20. The zero-order chi connectivity index (χ0) is 12.6. The summed E-state index contributed by atoms with van der Waals surface area (Å²) in [5, 5.41) is 0. The smallest absolute Gasteiger partial charge is 0.257 e. The number of likely N-dealkylation sites (tertiary alicyclic amines) is 1. The van der Waals surface area contributed by atoms with Crippen LogP contribution in [0.15, 0.2) is 12.3 Å². The summed E-state index contributed by atoms with van der Waals surface area (Å²) >= 11 is 0. The highest BCUT2D eigenvalue weighted by atomic mass is 19.1. The first-order chi connectivity index (χ1) is 7.91. The van der Waals surface area contributed by atoms with Gasteiger partial charge in [-0.05, 0) is 17.9 Å². The Balaban J connectivity index is 2.24. The Hall–Kier alpha value is -1.65. The van der Waals surface area contributed by atoms with Gasteiger partial charge in [0.25, 0.3) is 5.91 Å². The molecule has 0 bridgehead atoms. The Kier molecular flexibility index (Phi) is 2.77. The lowest BCUT2D eigenvalue weighted by atomic mass is 9.93. The van der Waals surface area contributed by atoms with E-state index in [2.05, 4.69) is 18.8 Å². The molecule has 1 fully saturated rings. The van der Waals surface area contributed by atoms with Gasteiger partial charge in [0.05, 0.1) is 5.56 Å². The molecule has 17 heavy (non-hydrogen) atoms. The summed E-state index contributed by atoms with van der Waals surface area (Å²) in [5.74, 6) is -1.25. The number of pyridine rings is 1. The Morgan fingerprint density at radius 3 is 2.88 bits per heavy atom. The van der Waals surface area contributed by atoms with Crippen molar-refractivity contribution < 1.29 is 9.18 Å². The molecular formula is C12H16FN3O. The van der Waals surface area contributed by atoms with E-state index in [9.17, 15) is 9.18 Å². The van der Waals surface area contributed by atoms with Crippen molar-refractivity contribution in [1.29, 1.82) is 0 Å². The van der Waals surface area contributed by atoms with E-state index in [1.807, 2.05) is 0 Å². The number of amides is 1. The number of carbonyl (C=O) groups excluding carboxylic acids is 1. The summed E-state index contributed by atoms with van der Waals surface area (Å²) in [4.78, 5) is 17.4. The summed E-state index contributed by atoms with van der Waals surface area (Å²) in [7, 11) is 0. The Morgan fingerprint density at radius 1 is 1.59 bits per heavy atom. The average molecular weight is 237 g/mol. The van der Waals surface area contributed by atoms with Crippen LogP contribution in [-0.4, -0.2) is 28.9 Å². The van der Waals surface area contributed by atoms with E-state index >= 15 is 0 Å². The van der Waals surface area contributed by atoms with E-state index in [4.69, 9.17) is 5.73 Å². The second-order valence-corrected chi connectivity index (χ2v) is 5.20. The molecule has 1 aromatic rings. The quantitative estimate of drug-likeness (QED) is 0.808. The SMILES string of the molecule is CC1(C)CCN(C(=O)c2ccnc(N)c2F)C1. The summed E-state index contributed by atoms with van der Waals surface area (Å²) in [6, 6.07) is 1.37. The molecule has 0 atom stereocenters. The van der Waals surface area contributed by atoms with E-state index in [0.29, 0.717) is 13.1 Å². The van der Waals surface area contributed by atoms with Gasteiger partial charge in [0, 0.05) is 19.3 Å². The van der Waals surface area contributed by atoms with Crippen LogP contribution in [0.25, 0.3) is 0 Å². The summed E-state index contributed by atoms with van der Waals surface area (Å²) in [6.45, 7) is 5.50. The molecule has 0 radical (unpaired) electrons. The summed E-state index contributed by atoms with van der Waals surface area (Å²) in [5.41, 5.74) is 5.46. The van der Waals surface area contributed by atoms with Crippen LogP contribution in [0.4, 0.5) is 10.2 Å². The maximum atomic E-state index is 13.7. The van der Waals surface area contributed by atoms with Crippen molar-refractivity contribution in [3.8, 4) is 0 Å². The first-order valence-corrected chi connectivity index (χ1v) is 5.60. The van der Waals surface area contributed by atoms with Crippen LogP contribution < -0.4 is 5.73 Å². The number of nitrogens with zero attached hydrogens (tertiary/aromatic N) is 2. The average Bonchev–Trinajstić information content (AvgIpc) is 2.62. The van der Waals surface area contributed by atoms with Crippen molar-refractivity contribution in [2.75, 3.05) is 18.8 Å². The Bertz CT molecular complexity index is 459. The maximum absolute atomic E-state index is 13.7. The molecule has 1 aromatic heterocycles. The van der Waals surface area contributed by atoms with Crippen LogP contribution in [0, 0.1) is 11.2 Å². The largest absolute Gasteiger partial charge is 0.381 e. The van der Waals surface area contributed by atoms with E-state index in [1.54, 1.807) is 4.90 Å². The zero-order valence-corrected chi connectivity index (χ0v) is 10.0. The number of halogens is 1. The fraction of sp³-hybridized carbons (Fsp3) is 0.500. The van der Waals surface area contributed by atoms with E-state index in [-0.39, 0.29) is 22.7 Å². The highest BCUT2D eigenvalue weighted by molar-refractivity contribution is 5.95. The number of aromatic nitrogens is 1. The van der Waals surface area contributed by atoms with Crippen LogP contribution in [-0.2, 0) is 0 Å². The Labute approximate surface area is 99.6 Å². The molecule has 0 aromatic carbocycles. The minimum atomic E-state index is -0.720. The highest BCUT2D eigenvalue weighted by Gasteiger charge is 2.33. The lowest BCUT2D eigenvalue weighted by molar-refractivity contribution is 0.0773. The molecule has 4 nitrogen and oxygen atoms in total. The molecule has 5 heteroatoms. The number of rotatable bonds is 1. The standard InChI is InChI=1S/C12H16FN3O/c1-12(2)4-6-16(7-12)11(17)8-3-5-15-10(14)9(8)13/h3,5H,4,6-7H2,1-2H3,(H2,14,15). The van der Waals surface area contributed by atoms with Crippen molar-refractivity contribution in [2.24, 2.45) is 5.41 Å². The number of nitrogen functional groups attached to an aromatic ring is 1. The molecule has 0 spiro atoms. The predicted octanol–water partition coefficient (Wildman–Crippen LogP) is 1.67. The van der Waals surface area contributed by atoms with Crippen molar-refractivity contribution in [3.05, 3.63) is 23.6 Å². The van der Waals surface area contributed by atoms with Crippen molar-refractivity contribution in [2.45, 2.75) is 20.3 Å². The van der Waals surface area contributed by atoms with E-state index in [1.165, 1.54) is 12.3 Å². The molecule has 1 amide bonds. The second-order valence-electron chi connectivity index (χ2n) is 5.20. The molecule has 2 rings (SSSR count). The van der Waals surface area contributed by atoms with Crippen molar-refractivity contribution in [3.63, 3.8) is 0 Å². The molecule has 2 heterocycles. The fourth-order valence-electron chi connectivity index (χ4n) is 2.08. The first kappa shape index (κ1) is 11.8. The van der Waals surface area contributed by atoms with Gasteiger partial charge in [-0.15, -0.1) is 0 Å². The van der Waals surface area contributed by atoms with Crippen LogP contribution in [0.5, 0.6) is 0 Å². The third kappa shape index (κ3) is 2.23. The van der Waals surface area contributed by atoms with Crippen LogP contribution in [0.2, 0.25) is 0 Å². The van der Waals surface area contributed by atoms with Gasteiger partial charge in [-0.3, -0.25) is 4.79 Å². The van der Waals surface area contributed by atoms with Gasteiger partial charge in [-0.25, -0.2) is 9.37 Å². The topological polar surface area (TPSA) is 59.2 Å². The highest BCUT2D eigenvalue weighted by Crippen LogP contribution is 2.30. The first-order valence-electron chi connectivity index (χ1n) is 5.60. The van der Waals surface area contributed by atoms with Gasteiger partial charge in [-0.1, -0.05) is 13.8 Å². The summed E-state index contributed by atoms with van der Waals surface area (Å²) < 4.78 is 13.7. The molecule has 1 aliphatic heterocycles. The molecule has 2 N–H and O–H groups in total. The van der Waals surface area contributed by atoms with E-state index < -0.39 is 5.82 Å². The van der Waals surface area contributed by atoms with Gasteiger partial charge < -0.3 is 10.6 Å².